The molecule has 0 aliphatic carbocycles. The van der Waals surface area contributed by atoms with Crippen molar-refractivity contribution in [1.82, 2.24) is 5.32 Å². The predicted molar refractivity (Wildman–Crippen MR) is 103 cm³/mol. The Labute approximate surface area is 169 Å². The average molecular weight is 433 g/mol. The molecule has 142 valence electrons. The number of para-hydroxylation sites is 1. The van der Waals surface area contributed by atoms with E-state index in [1.807, 2.05) is 12.1 Å². The minimum atomic E-state index is -4.58. The molecule has 0 spiro atoms. The van der Waals surface area contributed by atoms with E-state index in [-0.39, 0.29) is 21.9 Å². The molecule has 1 N–H and O–H groups in total. The van der Waals surface area contributed by atoms with E-state index in [2.05, 4.69) is 5.32 Å². The van der Waals surface area contributed by atoms with Gasteiger partial charge in [0.15, 0.2) is 10.8 Å². The van der Waals surface area contributed by atoms with Gasteiger partial charge in [0.1, 0.15) is 5.75 Å². The van der Waals surface area contributed by atoms with Gasteiger partial charge in [-0.15, -0.1) is 0 Å². The van der Waals surface area contributed by atoms with Gasteiger partial charge < -0.3 is 10.1 Å². The second-order valence-electron chi connectivity index (χ2n) is 6.64. The van der Waals surface area contributed by atoms with Crippen molar-refractivity contribution in [3.05, 3.63) is 57.6 Å². The van der Waals surface area contributed by atoms with Gasteiger partial charge >= 0.3 is 6.18 Å². The van der Waals surface area contributed by atoms with E-state index in [0.29, 0.717) is 17.2 Å². The number of hydrogen-bond donors (Lipinski definition) is 1. The Morgan fingerprint density at radius 3 is 2.67 bits per heavy atom. The lowest BCUT2D eigenvalue weighted by Crippen LogP contribution is -2.65. The van der Waals surface area contributed by atoms with Crippen molar-refractivity contribution >= 4 is 46.2 Å². The number of hydrogen-bond acceptors (Lipinski definition) is 2. The van der Waals surface area contributed by atoms with Crippen LogP contribution in [0.25, 0.3) is 0 Å². The summed E-state index contributed by atoms with van der Waals surface area (Å²) >= 11 is 17.5. The molecule has 2 aliphatic heterocycles. The number of alkyl halides is 3. The van der Waals surface area contributed by atoms with Crippen LogP contribution < -0.4 is 15.0 Å². The zero-order chi connectivity index (χ0) is 19.6. The van der Waals surface area contributed by atoms with Crippen LogP contribution in [0.2, 0.25) is 10.0 Å². The summed E-state index contributed by atoms with van der Waals surface area (Å²) in [6.45, 7) is 1.78. The lowest BCUT2D eigenvalue weighted by Gasteiger charge is -2.52. The molecule has 2 aliphatic rings. The average Bonchev–Trinajstić information content (AvgIpc) is 2.56. The first-order valence-corrected chi connectivity index (χ1v) is 9.21. The molecule has 1 fully saturated rings. The van der Waals surface area contributed by atoms with Gasteiger partial charge in [-0.1, -0.05) is 35.3 Å². The number of nitrogens with zero attached hydrogens (tertiary/aromatic N) is 1. The molecular formula is C18H13Cl2F3N2OS. The highest BCUT2D eigenvalue weighted by Gasteiger charge is 2.49. The molecule has 3 nitrogen and oxygen atoms in total. The summed E-state index contributed by atoms with van der Waals surface area (Å²) in [6.07, 6.45) is -4.10. The second kappa shape index (κ2) is 6.15. The second-order valence-corrected chi connectivity index (χ2v) is 7.84. The van der Waals surface area contributed by atoms with Gasteiger partial charge in [-0.2, -0.15) is 13.2 Å². The van der Waals surface area contributed by atoms with Crippen molar-refractivity contribution in [3.63, 3.8) is 0 Å². The lowest BCUT2D eigenvalue weighted by atomic mass is 9.90. The van der Waals surface area contributed by atoms with Crippen molar-refractivity contribution in [2.75, 3.05) is 4.90 Å². The number of rotatable bonds is 1. The van der Waals surface area contributed by atoms with Crippen molar-refractivity contribution < 1.29 is 17.9 Å². The molecule has 0 radical (unpaired) electrons. The fraction of sp³-hybridized carbons (Fsp3) is 0.278. The third kappa shape index (κ3) is 3.02. The van der Waals surface area contributed by atoms with Gasteiger partial charge in [0.2, 0.25) is 0 Å². The standard InChI is InChI=1S/C18H13Cl2F3N2OS/c1-17-8-14(10-3-2-4-13(20)15(10)26-17)24-16(27)25(17)9-5-6-12(19)11(7-9)18(21,22)23/h2-7,14H,8H2,1H3,(H,24,27). The minimum absolute atomic E-state index is 0.143. The maximum atomic E-state index is 13.3. The van der Waals surface area contributed by atoms with E-state index in [0.717, 1.165) is 11.6 Å². The molecule has 0 aromatic heterocycles. The number of thiocarbonyl (C=S) groups is 1. The van der Waals surface area contributed by atoms with Crippen molar-refractivity contribution in [1.29, 1.82) is 0 Å². The molecular weight excluding hydrogens is 420 g/mol. The Balaban J connectivity index is 1.82. The van der Waals surface area contributed by atoms with Gasteiger partial charge in [0, 0.05) is 17.7 Å². The van der Waals surface area contributed by atoms with Gasteiger partial charge in [0.05, 0.1) is 21.7 Å². The van der Waals surface area contributed by atoms with Crippen LogP contribution in [0.1, 0.15) is 30.5 Å². The maximum absolute atomic E-state index is 13.3. The molecule has 2 atom stereocenters. The first kappa shape index (κ1) is 18.7. The zero-order valence-corrected chi connectivity index (χ0v) is 16.2. The molecule has 0 amide bonds. The summed E-state index contributed by atoms with van der Waals surface area (Å²) in [5, 5.41) is 3.52. The maximum Gasteiger partial charge on any atom is 0.417 e. The van der Waals surface area contributed by atoms with Crippen LogP contribution >= 0.6 is 35.4 Å². The number of fused-ring (bicyclic) bond motifs is 4. The zero-order valence-electron chi connectivity index (χ0n) is 13.9. The summed E-state index contributed by atoms with van der Waals surface area (Å²) in [5.74, 6) is 0.503. The quantitative estimate of drug-likeness (QED) is 0.562. The van der Waals surface area contributed by atoms with Gasteiger partial charge in [-0.3, -0.25) is 4.90 Å². The van der Waals surface area contributed by atoms with Crippen LogP contribution in [0, 0.1) is 0 Å². The number of anilines is 1. The minimum Gasteiger partial charge on any atom is -0.466 e. The van der Waals surface area contributed by atoms with Crippen LogP contribution in [0.5, 0.6) is 5.75 Å². The molecule has 1 saturated heterocycles. The van der Waals surface area contributed by atoms with E-state index in [1.54, 1.807) is 13.0 Å². The number of benzene rings is 2. The number of halogens is 5. The first-order valence-electron chi connectivity index (χ1n) is 8.05. The van der Waals surface area contributed by atoms with E-state index < -0.39 is 17.5 Å². The lowest BCUT2D eigenvalue weighted by molar-refractivity contribution is -0.137. The molecule has 2 aromatic carbocycles. The highest BCUT2D eigenvalue weighted by Crippen LogP contribution is 2.48. The highest BCUT2D eigenvalue weighted by atomic mass is 35.5. The van der Waals surface area contributed by atoms with Gasteiger partial charge in [-0.25, -0.2) is 0 Å². The van der Waals surface area contributed by atoms with Crippen LogP contribution in [-0.2, 0) is 6.18 Å². The Morgan fingerprint density at radius 1 is 1.22 bits per heavy atom. The summed E-state index contributed by atoms with van der Waals surface area (Å²) in [7, 11) is 0. The third-order valence-corrected chi connectivity index (χ3v) is 5.69. The van der Waals surface area contributed by atoms with E-state index in [4.69, 9.17) is 40.2 Å². The molecule has 0 saturated carbocycles. The topological polar surface area (TPSA) is 24.5 Å². The van der Waals surface area contributed by atoms with Crippen LogP contribution in [0.4, 0.5) is 18.9 Å². The highest BCUT2D eigenvalue weighted by molar-refractivity contribution is 7.80. The Hall–Kier alpha value is -1.70. The molecule has 2 aromatic rings. The Kier molecular flexibility index (Phi) is 4.25. The van der Waals surface area contributed by atoms with Gasteiger partial charge in [-0.05, 0) is 43.4 Å². The fourth-order valence-corrected chi connectivity index (χ4v) is 4.50. The van der Waals surface area contributed by atoms with Crippen LogP contribution in [0.15, 0.2) is 36.4 Å². The van der Waals surface area contributed by atoms with E-state index in [1.165, 1.54) is 17.0 Å². The summed E-state index contributed by atoms with van der Waals surface area (Å²) < 4.78 is 46.0. The Morgan fingerprint density at radius 2 is 1.96 bits per heavy atom. The SMILES string of the molecule is CC12CC(NC(=S)N1c1ccc(Cl)c(C(F)(F)F)c1)c1cccc(Cl)c1O2. The third-order valence-electron chi connectivity index (χ3n) is 4.77. The molecule has 4 rings (SSSR count). The smallest absolute Gasteiger partial charge is 0.417 e. The predicted octanol–water partition coefficient (Wildman–Crippen LogP) is 5.95. The Bertz CT molecular complexity index is 953. The summed E-state index contributed by atoms with van der Waals surface area (Å²) in [6, 6.07) is 8.95. The van der Waals surface area contributed by atoms with Gasteiger partial charge in [0.25, 0.3) is 0 Å². The largest absolute Gasteiger partial charge is 0.466 e. The fourth-order valence-electron chi connectivity index (χ4n) is 3.61. The molecule has 27 heavy (non-hydrogen) atoms. The number of ether oxygens (including phenoxy) is 1. The molecule has 9 heteroatoms. The molecule has 2 unspecified atom stereocenters. The van der Waals surface area contributed by atoms with Crippen LogP contribution in [-0.4, -0.2) is 10.8 Å². The monoisotopic (exact) mass is 432 g/mol. The summed E-state index contributed by atoms with van der Waals surface area (Å²) in [4.78, 5) is 1.54. The molecule has 2 bridgehead atoms. The summed E-state index contributed by atoms with van der Waals surface area (Å²) in [5.41, 5.74) is -0.819. The van der Waals surface area contributed by atoms with E-state index >= 15 is 0 Å². The molecule has 2 heterocycles. The van der Waals surface area contributed by atoms with E-state index in [9.17, 15) is 13.2 Å². The van der Waals surface area contributed by atoms with Crippen molar-refractivity contribution in [3.8, 4) is 5.75 Å². The number of nitrogens with one attached hydrogen (secondary N) is 1. The van der Waals surface area contributed by atoms with Crippen LogP contribution in [0.3, 0.4) is 0 Å². The van der Waals surface area contributed by atoms with Crippen molar-refractivity contribution in [2.24, 2.45) is 0 Å². The van der Waals surface area contributed by atoms with Crippen molar-refractivity contribution in [2.45, 2.75) is 31.3 Å². The normalized spacial score (nSPS) is 24.1. The first-order chi connectivity index (χ1) is 12.6.